The standard InChI is InChI=1S/C14H15ClN2O/c1-9(16)13-7-8-14(10(2)17-13)18-12-5-3-11(15)4-6-12/h3-9H,16H2,1-2H3. The average molecular weight is 263 g/mol. The highest BCUT2D eigenvalue weighted by molar-refractivity contribution is 6.30. The molecule has 0 aliphatic heterocycles. The van der Waals surface area contributed by atoms with E-state index >= 15 is 0 Å². The van der Waals surface area contributed by atoms with Crippen LogP contribution in [0.2, 0.25) is 5.02 Å². The molecule has 0 amide bonds. The van der Waals surface area contributed by atoms with Gasteiger partial charge in [0.25, 0.3) is 0 Å². The van der Waals surface area contributed by atoms with E-state index in [1.54, 1.807) is 12.1 Å². The molecular weight excluding hydrogens is 248 g/mol. The second kappa shape index (κ2) is 5.38. The maximum absolute atomic E-state index is 5.82. The molecule has 0 spiro atoms. The number of aryl methyl sites for hydroxylation is 1. The monoisotopic (exact) mass is 262 g/mol. The number of hydrogen-bond donors (Lipinski definition) is 1. The van der Waals surface area contributed by atoms with E-state index in [0.717, 1.165) is 22.9 Å². The van der Waals surface area contributed by atoms with Crippen LogP contribution in [0.15, 0.2) is 36.4 Å². The van der Waals surface area contributed by atoms with Gasteiger partial charge >= 0.3 is 0 Å². The summed E-state index contributed by atoms with van der Waals surface area (Å²) in [5.41, 5.74) is 7.46. The zero-order valence-electron chi connectivity index (χ0n) is 10.4. The van der Waals surface area contributed by atoms with Crippen LogP contribution < -0.4 is 10.5 Å². The van der Waals surface area contributed by atoms with E-state index < -0.39 is 0 Å². The zero-order chi connectivity index (χ0) is 13.1. The molecule has 1 aromatic carbocycles. The molecule has 0 aliphatic carbocycles. The van der Waals surface area contributed by atoms with E-state index in [2.05, 4.69) is 4.98 Å². The Bertz CT molecular complexity index is 538. The molecule has 0 aliphatic rings. The van der Waals surface area contributed by atoms with Gasteiger partial charge in [-0.15, -0.1) is 0 Å². The Labute approximate surface area is 112 Å². The van der Waals surface area contributed by atoms with E-state index in [9.17, 15) is 0 Å². The predicted molar refractivity (Wildman–Crippen MR) is 73.1 cm³/mol. The molecule has 1 atom stereocenters. The van der Waals surface area contributed by atoms with E-state index in [4.69, 9.17) is 22.1 Å². The molecule has 94 valence electrons. The van der Waals surface area contributed by atoms with Crippen LogP contribution in [0.4, 0.5) is 0 Å². The first-order valence-corrected chi connectivity index (χ1v) is 6.10. The Hall–Kier alpha value is -1.58. The Morgan fingerprint density at radius 3 is 2.39 bits per heavy atom. The molecule has 2 N–H and O–H groups in total. The van der Waals surface area contributed by atoms with Crippen LogP contribution >= 0.6 is 11.6 Å². The van der Waals surface area contributed by atoms with Crippen molar-refractivity contribution in [1.82, 2.24) is 4.98 Å². The molecule has 1 heterocycles. The summed E-state index contributed by atoms with van der Waals surface area (Å²) in [5.74, 6) is 1.46. The van der Waals surface area contributed by atoms with Crippen LogP contribution in [0, 0.1) is 6.92 Å². The van der Waals surface area contributed by atoms with Crippen molar-refractivity contribution in [2.45, 2.75) is 19.9 Å². The van der Waals surface area contributed by atoms with Gasteiger partial charge in [-0.05, 0) is 50.2 Å². The minimum atomic E-state index is -0.0757. The number of halogens is 1. The Morgan fingerprint density at radius 2 is 1.83 bits per heavy atom. The maximum Gasteiger partial charge on any atom is 0.148 e. The van der Waals surface area contributed by atoms with Gasteiger partial charge in [-0.2, -0.15) is 0 Å². The lowest BCUT2D eigenvalue weighted by Crippen LogP contribution is -2.08. The predicted octanol–water partition coefficient (Wildman–Crippen LogP) is 3.86. The highest BCUT2D eigenvalue weighted by Gasteiger charge is 2.06. The summed E-state index contributed by atoms with van der Waals surface area (Å²) in [6, 6.07) is 10.9. The van der Waals surface area contributed by atoms with Gasteiger partial charge in [0.05, 0.1) is 11.4 Å². The second-order valence-electron chi connectivity index (χ2n) is 4.16. The number of rotatable bonds is 3. The fourth-order valence-corrected chi connectivity index (χ4v) is 1.68. The highest BCUT2D eigenvalue weighted by Crippen LogP contribution is 2.26. The first kappa shape index (κ1) is 12.9. The van der Waals surface area contributed by atoms with Crippen LogP contribution in [0.25, 0.3) is 0 Å². The quantitative estimate of drug-likeness (QED) is 0.914. The average Bonchev–Trinajstić information content (AvgIpc) is 2.34. The first-order valence-electron chi connectivity index (χ1n) is 5.73. The molecule has 0 saturated heterocycles. The minimum absolute atomic E-state index is 0.0757. The van der Waals surface area contributed by atoms with Crippen molar-refractivity contribution in [3.63, 3.8) is 0 Å². The molecule has 4 heteroatoms. The van der Waals surface area contributed by atoms with Crippen molar-refractivity contribution in [3.05, 3.63) is 52.8 Å². The summed E-state index contributed by atoms with van der Waals surface area (Å²) in [4.78, 5) is 4.41. The number of pyridine rings is 1. The lowest BCUT2D eigenvalue weighted by atomic mass is 10.2. The van der Waals surface area contributed by atoms with Crippen molar-refractivity contribution in [3.8, 4) is 11.5 Å². The molecular formula is C14H15ClN2O. The van der Waals surface area contributed by atoms with Crippen LogP contribution in [0.1, 0.15) is 24.4 Å². The van der Waals surface area contributed by atoms with E-state index in [0.29, 0.717) is 5.02 Å². The number of ether oxygens (including phenoxy) is 1. The lowest BCUT2D eigenvalue weighted by Gasteiger charge is -2.11. The van der Waals surface area contributed by atoms with Crippen molar-refractivity contribution >= 4 is 11.6 Å². The summed E-state index contributed by atoms with van der Waals surface area (Å²) in [6.07, 6.45) is 0. The van der Waals surface area contributed by atoms with Gasteiger partial charge in [0.1, 0.15) is 11.5 Å². The Morgan fingerprint density at radius 1 is 1.17 bits per heavy atom. The first-order chi connectivity index (χ1) is 8.56. The SMILES string of the molecule is Cc1nc(C(C)N)ccc1Oc1ccc(Cl)cc1. The van der Waals surface area contributed by atoms with Crippen molar-refractivity contribution in [1.29, 1.82) is 0 Å². The summed E-state index contributed by atoms with van der Waals surface area (Å²) >= 11 is 5.82. The highest BCUT2D eigenvalue weighted by atomic mass is 35.5. The van der Waals surface area contributed by atoms with Crippen molar-refractivity contribution in [2.75, 3.05) is 0 Å². The zero-order valence-corrected chi connectivity index (χ0v) is 11.1. The fraction of sp³-hybridized carbons (Fsp3) is 0.214. The molecule has 0 radical (unpaired) electrons. The molecule has 1 unspecified atom stereocenters. The molecule has 2 rings (SSSR count). The number of benzene rings is 1. The number of nitrogens with zero attached hydrogens (tertiary/aromatic N) is 1. The summed E-state index contributed by atoms with van der Waals surface area (Å²) in [6.45, 7) is 3.80. The summed E-state index contributed by atoms with van der Waals surface area (Å²) < 4.78 is 5.74. The van der Waals surface area contributed by atoms with Gasteiger partial charge in [-0.3, -0.25) is 4.98 Å². The van der Waals surface area contributed by atoms with Gasteiger partial charge in [0.2, 0.25) is 0 Å². The van der Waals surface area contributed by atoms with Gasteiger partial charge < -0.3 is 10.5 Å². The molecule has 18 heavy (non-hydrogen) atoms. The fourth-order valence-electron chi connectivity index (χ4n) is 1.56. The van der Waals surface area contributed by atoms with Crippen molar-refractivity contribution < 1.29 is 4.74 Å². The third kappa shape index (κ3) is 3.00. The molecule has 2 aromatic rings. The van der Waals surface area contributed by atoms with Crippen LogP contribution in [0.5, 0.6) is 11.5 Å². The smallest absolute Gasteiger partial charge is 0.148 e. The normalized spacial score (nSPS) is 12.2. The van der Waals surface area contributed by atoms with Crippen molar-refractivity contribution in [2.24, 2.45) is 5.73 Å². The second-order valence-corrected chi connectivity index (χ2v) is 4.60. The van der Waals surface area contributed by atoms with Crippen LogP contribution in [-0.4, -0.2) is 4.98 Å². The Balaban J connectivity index is 2.22. The number of aromatic nitrogens is 1. The third-order valence-corrected chi connectivity index (χ3v) is 2.82. The van der Waals surface area contributed by atoms with E-state index in [1.165, 1.54) is 0 Å². The van der Waals surface area contributed by atoms with Gasteiger partial charge in [-0.1, -0.05) is 11.6 Å². The molecule has 0 bridgehead atoms. The van der Waals surface area contributed by atoms with Crippen LogP contribution in [0.3, 0.4) is 0 Å². The maximum atomic E-state index is 5.82. The van der Waals surface area contributed by atoms with Gasteiger partial charge in [0.15, 0.2) is 0 Å². The van der Waals surface area contributed by atoms with E-state index in [1.807, 2.05) is 38.1 Å². The lowest BCUT2D eigenvalue weighted by molar-refractivity contribution is 0.474. The summed E-state index contributed by atoms with van der Waals surface area (Å²) in [7, 11) is 0. The van der Waals surface area contributed by atoms with Gasteiger partial charge in [-0.25, -0.2) is 0 Å². The third-order valence-electron chi connectivity index (χ3n) is 2.57. The van der Waals surface area contributed by atoms with Crippen LogP contribution in [-0.2, 0) is 0 Å². The van der Waals surface area contributed by atoms with Gasteiger partial charge in [0, 0.05) is 11.1 Å². The molecule has 0 saturated carbocycles. The number of nitrogens with two attached hydrogens (primary N) is 1. The largest absolute Gasteiger partial charge is 0.455 e. The summed E-state index contributed by atoms with van der Waals surface area (Å²) in [5, 5.41) is 0.685. The Kier molecular flexibility index (Phi) is 3.84. The number of hydrogen-bond acceptors (Lipinski definition) is 3. The molecule has 1 aromatic heterocycles. The van der Waals surface area contributed by atoms with E-state index in [-0.39, 0.29) is 6.04 Å². The topological polar surface area (TPSA) is 48.1 Å². The minimum Gasteiger partial charge on any atom is -0.455 e. The molecule has 3 nitrogen and oxygen atoms in total. The molecule has 0 fully saturated rings.